The Balaban J connectivity index is 1.83. The Morgan fingerprint density at radius 1 is 1.00 bits per heavy atom. The van der Waals surface area contributed by atoms with Crippen LogP contribution in [-0.2, 0) is 4.79 Å². The van der Waals surface area contributed by atoms with Gasteiger partial charge < -0.3 is 5.32 Å². The third-order valence-corrected chi connectivity index (χ3v) is 6.12. The predicted octanol–water partition coefficient (Wildman–Crippen LogP) is 5.33. The van der Waals surface area contributed by atoms with Gasteiger partial charge in [-0.05, 0) is 57.2 Å². The van der Waals surface area contributed by atoms with Gasteiger partial charge in [0.2, 0.25) is 5.91 Å². The molecular weight excluding hydrogens is 422 g/mol. The van der Waals surface area contributed by atoms with Gasteiger partial charge in [0.15, 0.2) is 10.9 Å². The van der Waals surface area contributed by atoms with Crippen molar-refractivity contribution in [1.29, 1.82) is 0 Å². The summed E-state index contributed by atoms with van der Waals surface area (Å²) in [6.07, 6.45) is 0. The van der Waals surface area contributed by atoms with Gasteiger partial charge in [-0.2, -0.15) is 0 Å². The molecule has 1 atom stereocenters. The number of hydrogen-bond donors (Lipinski definition) is 1. The maximum Gasteiger partial charge on any atom is 0.262 e. The number of Topliss-reactive ketones (excluding diaryl/α,β-unsaturated/α-hetero) is 1. The predicted molar refractivity (Wildman–Crippen MR) is 131 cm³/mol. The second-order valence-electron chi connectivity index (χ2n) is 9.09. The summed E-state index contributed by atoms with van der Waals surface area (Å²) in [5, 5.41) is 3.51. The van der Waals surface area contributed by atoms with Gasteiger partial charge in [-0.15, -0.1) is 0 Å². The molecule has 0 radical (unpaired) electrons. The van der Waals surface area contributed by atoms with E-state index in [9.17, 15) is 14.4 Å². The van der Waals surface area contributed by atoms with Crippen LogP contribution in [0.1, 0.15) is 57.9 Å². The largest absolute Gasteiger partial charge is 0.326 e. The van der Waals surface area contributed by atoms with Crippen molar-refractivity contribution in [1.82, 2.24) is 9.55 Å². The fraction of sp³-hybridized carbons (Fsp3) is 0.360. The standard InChI is InChI=1S/C25H29N3O3S/c1-15(2)28-22(30)19-9-7-8-10-20(19)27-24(28)32-16(3)21(29)17-11-13-18(14-12-17)26-23(31)25(4,5)6/h7-16H,1-6H3,(H,26,31). The Bertz CT molecular complexity index is 1210. The van der Waals surface area contributed by atoms with E-state index < -0.39 is 10.7 Å². The Labute approximate surface area is 192 Å². The molecule has 0 aliphatic carbocycles. The van der Waals surface area contributed by atoms with Gasteiger partial charge in [0.1, 0.15) is 0 Å². The van der Waals surface area contributed by atoms with E-state index in [0.29, 0.717) is 27.3 Å². The van der Waals surface area contributed by atoms with Crippen LogP contribution in [0.25, 0.3) is 10.9 Å². The van der Waals surface area contributed by atoms with Gasteiger partial charge in [0.25, 0.3) is 5.56 Å². The van der Waals surface area contributed by atoms with E-state index in [1.807, 2.05) is 59.7 Å². The fourth-order valence-corrected chi connectivity index (χ4v) is 4.26. The minimum absolute atomic E-state index is 0.0681. The number of thioether (sulfide) groups is 1. The smallest absolute Gasteiger partial charge is 0.262 e. The molecule has 0 bridgehead atoms. The highest BCUT2D eigenvalue weighted by Gasteiger charge is 2.23. The van der Waals surface area contributed by atoms with E-state index in [1.165, 1.54) is 11.8 Å². The van der Waals surface area contributed by atoms with Crippen molar-refractivity contribution in [2.45, 2.75) is 58.0 Å². The van der Waals surface area contributed by atoms with E-state index in [0.717, 1.165) is 0 Å². The summed E-state index contributed by atoms with van der Waals surface area (Å²) >= 11 is 1.28. The van der Waals surface area contributed by atoms with Gasteiger partial charge in [0.05, 0.1) is 16.2 Å². The number of carbonyl (C=O) groups excluding carboxylic acids is 2. The minimum Gasteiger partial charge on any atom is -0.326 e. The molecule has 6 nitrogen and oxygen atoms in total. The maximum atomic E-state index is 13.0. The van der Waals surface area contributed by atoms with Gasteiger partial charge in [-0.25, -0.2) is 4.98 Å². The second kappa shape index (κ2) is 9.28. The van der Waals surface area contributed by atoms with Crippen molar-refractivity contribution in [2.75, 3.05) is 5.32 Å². The van der Waals surface area contributed by atoms with Gasteiger partial charge in [-0.1, -0.05) is 44.7 Å². The molecule has 3 aromatic rings. The first kappa shape index (κ1) is 23.7. The lowest BCUT2D eigenvalue weighted by molar-refractivity contribution is -0.123. The lowest BCUT2D eigenvalue weighted by Crippen LogP contribution is -2.27. The van der Waals surface area contributed by atoms with E-state index in [1.54, 1.807) is 34.9 Å². The molecular formula is C25H29N3O3S. The molecule has 0 aliphatic heterocycles. The lowest BCUT2D eigenvalue weighted by atomic mass is 9.95. The zero-order valence-corrected chi connectivity index (χ0v) is 20.1. The number of benzene rings is 2. The first-order valence-electron chi connectivity index (χ1n) is 10.6. The molecule has 0 aliphatic rings. The number of nitrogens with zero attached hydrogens (tertiary/aromatic N) is 2. The minimum atomic E-state index is -0.501. The summed E-state index contributed by atoms with van der Waals surface area (Å²) < 4.78 is 1.64. The molecule has 1 amide bonds. The SMILES string of the molecule is CC(Sc1nc2ccccc2c(=O)n1C(C)C)C(=O)c1ccc(NC(=O)C(C)(C)C)cc1. The molecule has 1 heterocycles. The highest BCUT2D eigenvalue weighted by molar-refractivity contribution is 8.00. The third-order valence-electron chi connectivity index (χ3n) is 5.05. The maximum absolute atomic E-state index is 13.0. The molecule has 0 fully saturated rings. The fourth-order valence-electron chi connectivity index (χ4n) is 3.15. The van der Waals surface area contributed by atoms with Gasteiger partial charge in [-0.3, -0.25) is 19.0 Å². The number of ketones is 1. The molecule has 1 unspecified atom stereocenters. The highest BCUT2D eigenvalue weighted by Crippen LogP contribution is 2.27. The first-order valence-corrected chi connectivity index (χ1v) is 11.5. The number of carbonyl (C=O) groups is 2. The molecule has 32 heavy (non-hydrogen) atoms. The molecule has 2 aromatic carbocycles. The summed E-state index contributed by atoms with van der Waals surface area (Å²) in [5.74, 6) is -0.157. The van der Waals surface area contributed by atoms with Crippen LogP contribution in [-0.4, -0.2) is 26.5 Å². The van der Waals surface area contributed by atoms with Crippen LogP contribution < -0.4 is 10.9 Å². The number of amides is 1. The van der Waals surface area contributed by atoms with Crippen LogP contribution in [0.15, 0.2) is 58.5 Å². The zero-order chi connectivity index (χ0) is 23.6. The van der Waals surface area contributed by atoms with Gasteiger partial charge >= 0.3 is 0 Å². The Morgan fingerprint density at radius 3 is 2.22 bits per heavy atom. The van der Waals surface area contributed by atoms with E-state index in [4.69, 9.17) is 0 Å². The van der Waals surface area contributed by atoms with Crippen LogP contribution in [0.2, 0.25) is 0 Å². The summed E-state index contributed by atoms with van der Waals surface area (Å²) in [7, 11) is 0. The summed E-state index contributed by atoms with van der Waals surface area (Å²) in [6.45, 7) is 11.2. The molecule has 0 spiro atoms. The third kappa shape index (κ3) is 5.10. The monoisotopic (exact) mass is 451 g/mol. The Hall–Kier alpha value is -2.93. The molecule has 168 valence electrons. The van der Waals surface area contributed by atoms with Crippen molar-refractivity contribution in [3.63, 3.8) is 0 Å². The second-order valence-corrected chi connectivity index (χ2v) is 10.4. The number of aromatic nitrogens is 2. The van der Waals surface area contributed by atoms with E-state index in [2.05, 4.69) is 10.3 Å². The topological polar surface area (TPSA) is 81.1 Å². The number of nitrogens with one attached hydrogen (secondary N) is 1. The molecule has 3 rings (SSSR count). The van der Waals surface area contributed by atoms with Crippen molar-refractivity contribution in [3.8, 4) is 0 Å². The average Bonchev–Trinajstić information content (AvgIpc) is 2.73. The average molecular weight is 452 g/mol. The number of hydrogen-bond acceptors (Lipinski definition) is 5. The number of para-hydroxylation sites is 1. The number of anilines is 1. The molecule has 0 saturated heterocycles. The Kier molecular flexibility index (Phi) is 6.88. The zero-order valence-electron chi connectivity index (χ0n) is 19.3. The number of fused-ring (bicyclic) bond motifs is 1. The quantitative estimate of drug-likeness (QED) is 0.311. The molecule has 1 N–H and O–H groups in total. The van der Waals surface area contributed by atoms with Crippen LogP contribution >= 0.6 is 11.8 Å². The van der Waals surface area contributed by atoms with Crippen LogP contribution in [0, 0.1) is 5.41 Å². The van der Waals surface area contributed by atoms with E-state index in [-0.39, 0.29) is 23.3 Å². The first-order chi connectivity index (χ1) is 15.0. The number of rotatable bonds is 6. The van der Waals surface area contributed by atoms with Crippen molar-refractivity contribution in [2.24, 2.45) is 5.41 Å². The molecule has 7 heteroatoms. The van der Waals surface area contributed by atoms with Crippen molar-refractivity contribution < 1.29 is 9.59 Å². The van der Waals surface area contributed by atoms with E-state index >= 15 is 0 Å². The van der Waals surface area contributed by atoms with Crippen LogP contribution in [0.5, 0.6) is 0 Å². The van der Waals surface area contributed by atoms with Crippen LogP contribution in [0.4, 0.5) is 5.69 Å². The summed E-state index contributed by atoms with van der Waals surface area (Å²) in [5.41, 5.74) is 1.20. The van der Waals surface area contributed by atoms with Gasteiger partial charge in [0, 0.05) is 22.7 Å². The van der Waals surface area contributed by atoms with Crippen molar-refractivity contribution in [3.05, 3.63) is 64.4 Å². The molecule has 0 saturated carbocycles. The summed E-state index contributed by atoms with van der Waals surface area (Å²) in [6, 6.07) is 14.0. The normalized spacial score (nSPS) is 12.7. The molecule has 1 aromatic heterocycles. The Morgan fingerprint density at radius 2 is 1.62 bits per heavy atom. The van der Waals surface area contributed by atoms with Crippen LogP contribution in [0.3, 0.4) is 0 Å². The van der Waals surface area contributed by atoms with Crippen molar-refractivity contribution >= 4 is 40.0 Å². The summed E-state index contributed by atoms with van der Waals surface area (Å²) in [4.78, 5) is 42.9. The highest BCUT2D eigenvalue weighted by atomic mass is 32.2. The lowest BCUT2D eigenvalue weighted by Gasteiger charge is -2.19.